The number of aryl methyl sites for hydroxylation is 2. The van der Waals surface area contributed by atoms with E-state index in [-0.39, 0.29) is 18.6 Å². The summed E-state index contributed by atoms with van der Waals surface area (Å²) in [4.78, 5) is 35.1. The molecule has 2 aromatic heterocycles. The third kappa shape index (κ3) is 5.65. The number of nitrogens with zero attached hydrogens (tertiary/aromatic N) is 3. The average Bonchev–Trinajstić information content (AvgIpc) is 2.78. The average molecular weight is 466 g/mol. The van der Waals surface area contributed by atoms with Crippen LogP contribution >= 0.6 is 0 Å². The fourth-order valence-electron chi connectivity index (χ4n) is 4.29. The number of aromatic nitrogens is 2. The van der Waals surface area contributed by atoms with Crippen molar-refractivity contribution in [3.05, 3.63) is 52.1 Å². The van der Waals surface area contributed by atoms with E-state index in [0.717, 1.165) is 54.1 Å². The Morgan fingerprint density at radius 1 is 1.12 bits per heavy atom. The van der Waals surface area contributed by atoms with Crippen molar-refractivity contribution in [1.29, 1.82) is 0 Å². The number of ether oxygens (including phenoxy) is 1. The molecule has 3 aromatic rings. The molecule has 34 heavy (non-hydrogen) atoms. The van der Waals surface area contributed by atoms with Crippen LogP contribution in [0.25, 0.3) is 11.0 Å². The van der Waals surface area contributed by atoms with Crippen LogP contribution in [0.1, 0.15) is 37.1 Å². The molecular weight excluding hydrogens is 434 g/mol. The number of hydrogen-bond donors (Lipinski definition) is 2. The number of carbonyl (C=O) groups excluding carboxylic acids is 1. The Kier molecular flexibility index (Phi) is 7.00. The number of hydrogen-bond acceptors (Lipinski definition) is 8. The third-order valence-corrected chi connectivity index (χ3v) is 6.03. The fraction of sp³-hybridized carbons (Fsp3) is 0.440. The van der Waals surface area contributed by atoms with Crippen LogP contribution in [0.15, 0.2) is 39.5 Å². The molecule has 2 N–H and O–H groups in total. The summed E-state index contributed by atoms with van der Waals surface area (Å²) in [5.41, 5.74) is 0.733. The molecule has 180 valence electrons. The van der Waals surface area contributed by atoms with Crippen molar-refractivity contribution in [3.63, 3.8) is 0 Å². The van der Waals surface area contributed by atoms with E-state index < -0.39 is 5.63 Å². The normalized spacial score (nSPS) is 17.9. The first-order chi connectivity index (χ1) is 16.3. The Balaban J connectivity index is 1.28. The van der Waals surface area contributed by atoms with Crippen molar-refractivity contribution in [1.82, 2.24) is 15.3 Å². The van der Waals surface area contributed by atoms with Crippen LogP contribution in [0, 0.1) is 13.8 Å². The van der Waals surface area contributed by atoms with Gasteiger partial charge in [0.05, 0.1) is 0 Å². The minimum Gasteiger partial charge on any atom is -0.480 e. The van der Waals surface area contributed by atoms with Crippen LogP contribution < -0.4 is 25.9 Å². The summed E-state index contributed by atoms with van der Waals surface area (Å²) in [7, 11) is 3.92. The predicted octanol–water partition coefficient (Wildman–Crippen LogP) is 3.18. The molecule has 0 atom stereocenters. The Labute approximate surface area is 198 Å². The van der Waals surface area contributed by atoms with Gasteiger partial charge in [0, 0.05) is 43.7 Å². The fourth-order valence-corrected chi connectivity index (χ4v) is 4.29. The Morgan fingerprint density at radius 2 is 1.85 bits per heavy atom. The van der Waals surface area contributed by atoms with E-state index in [1.807, 2.05) is 51.0 Å². The number of carbonyl (C=O) groups is 1. The molecule has 9 heteroatoms. The second-order valence-electron chi connectivity index (χ2n) is 8.98. The first kappa shape index (κ1) is 23.5. The van der Waals surface area contributed by atoms with Gasteiger partial charge in [0.25, 0.3) is 5.91 Å². The van der Waals surface area contributed by atoms with Crippen molar-refractivity contribution in [2.45, 2.75) is 51.6 Å². The maximum absolute atomic E-state index is 12.5. The quantitative estimate of drug-likeness (QED) is 0.512. The van der Waals surface area contributed by atoms with Crippen LogP contribution in [0.2, 0.25) is 0 Å². The Morgan fingerprint density at radius 3 is 2.59 bits per heavy atom. The summed E-state index contributed by atoms with van der Waals surface area (Å²) >= 11 is 0. The van der Waals surface area contributed by atoms with Gasteiger partial charge in [-0.3, -0.25) is 4.79 Å². The van der Waals surface area contributed by atoms with Crippen LogP contribution in [0.4, 0.5) is 11.6 Å². The lowest BCUT2D eigenvalue weighted by atomic mass is 9.91. The maximum atomic E-state index is 12.5. The number of rotatable bonds is 7. The van der Waals surface area contributed by atoms with E-state index in [1.165, 1.54) is 6.07 Å². The molecule has 0 spiro atoms. The zero-order valence-electron chi connectivity index (χ0n) is 20.1. The molecule has 1 aromatic carbocycles. The van der Waals surface area contributed by atoms with Gasteiger partial charge in [-0.1, -0.05) is 12.1 Å². The molecule has 1 amide bonds. The predicted molar refractivity (Wildman–Crippen MR) is 132 cm³/mol. The smallest absolute Gasteiger partial charge is 0.336 e. The van der Waals surface area contributed by atoms with Gasteiger partial charge in [-0.05, 0) is 51.2 Å². The lowest BCUT2D eigenvalue weighted by molar-refractivity contribution is -0.124. The van der Waals surface area contributed by atoms with Crippen LogP contribution in [0.5, 0.6) is 5.75 Å². The standard InChI is InChI=1S/C25H31N5O4/c1-15-12-24(32)34-25-19(15)6-5-7-20(25)33-14-23(31)29-18-10-8-17(9-11-18)28-21-13-22(30(3)4)27-16(2)26-21/h5-7,12-13,17-18H,8-11,14H2,1-4H3,(H,29,31)(H,26,27,28). The molecule has 9 nitrogen and oxygen atoms in total. The number of nitrogens with one attached hydrogen (secondary N) is 2. The third-order valence-electron chi connectivity index (χ3n) is 6.03. The first-order valence-corrected chi connectivity index (χ1v) is 11.5. The molecule has 4 rings (SSSR count). The highest BCUT2D eigenvalue weighted by molar-refractivity contribution is 5.85. The van der Waals surface area contributed by atoms with E-state index in [0.29, 0.717) is 17.4 Å². The summed E-state index contributed by atoms with van der Waals surface area (Å²) in [5, 5.41) is 7.37. The van der Waals surface area contributed by atoms with Gasteiger partial charge in [-0.2, -0.15) is 0 Å². The van der Waals surface area contributed by atoms with E-state index in [1.54, 1.807) is 6.07 Å². The first-order valence-electron chi connectivity index (χ1n) is 11.5. The highest BCUT2D eigenvalue weighted by Crippen LogP contribution is 2.27. The molecule has 0 aliphatic heterocycles. The molecule has 0 radical (unpaired) electrons. The number of para-hydroxylation sites is 1. The monoisotopic (exact) mass is 465 g/mol. The summed E-state index contributed by atoms with van der Waals surface area (Å²) in [6.07, 6.45) is 3.60. The molecule has 0 saturated heterocycles. The van der Waals surface area contributed by atoms with Crippen molar-refractivity contribution < 1.29 is 13.9 Å². The van der Waals surface area contributed by atoms with Gasteiger partial charge in [0.2, 0.25) is 0 Å². The van der Waals surface area contributed by atoms with Gasteiger partial charge >= 0.3 is 5.63 Å². The lowest BCUT2D eigenvalue weighted by Crippen LogP contribution is -2.42. The zero-order valence-corrected chi connectivity index (χ0v) is 20.1. The largest absolute Gasteiger partial charge is 0.480 e. The van der Waals surface area contributed by atoms with Crippen molar-refractivity contribution in [3.8, 4) is 5.75 Å². The summed E-state index contributed by atoms with van der Waals surface area (Å²) in [6, 6.07) is 9.17. The molecule has 1 saturated carbocycles. The van der Waals surface area contributed by atoms with Gasteiger partial charge in [-0.25, -0.2) is 14.8 Å². The van der Waals surface area contributed by atoms with E-state index in [9.17, 15) is 9.59 Å². The Bertz CT molecular complexity index is 1230. The summed E-state index contributed by atoms with van der Waals surface area (Å²) < 4.78 is 11.0. The molecular formula is C25H31N5O4. The molecule has 0 bridgehead atoms. The second-order valence-corrected chi connectivity index (χ2v) is 8.98. The number of anilines is 2. The SMILES string of the molecule is Cc1nc(NC2CCC(NC(=O)COc3cccc4c(C)cc(=O)oc34)CC2)cc(N(C)C)n1. The molecule has 1 aliphatic carbocycles. The van der Waals surface area contributed by atoms with Gasteiger partial charge in [0.15, 0.2) is 17.9 Å². The molecule has 1 aliphatic rings. The zero-order chi connectivity index (χ0) is 24.2. The molecule has 1 fully saturated rings. The highest BCUT2D eigenvalue weighted by atomic mass is 16.5. The number of fused-ring (bicyclic) bond motifs is 1. The minimum absolute atomic E-state index is 0.103. The number of amides is 1. The molecule has 2 heterocycles. The van der Waals surface area contributed by atoms with Crippen LogP contribution in [0.3, 0.4) is 0 Å². The highest BCUT2D eigenvalue weighted by Gasteiger charge is 2.23. The topological polar surface area (TPSA) is 110 Å². The lowest BCUT2D eigenvalue weighted by Gasteiger charge is -2.30. The van der Waals surface area contributed by atoms with Crippen molar-refractivity contribution >= 4 is 28.5 Å². The Hall–Kier alpha value is -3.62. The van der Waals surface area contributed by atoms with E-state index >= 15 is 0 Å². The van der Waals surface area contributed by atoms with Gasteiger partial charge < -0.3 is 24.7 Å². The second kappa shape index (κ2) is 10.1. The van der Waals surface area contributed by atoms with E-state index in [4.69, 9.17) is 9.15 Å². The number of benzene rings is 1. The molecule has 0 unspecified atom stereocenters. The van der Waals surface area contributed by atoms with Crippen LogP contribution in [-0.2, 0) is 4.79 Å². The maximum Gasteiger partial charge on any atom is 0.336 e. The van der Waals surface area contributed by atoms with Crippen LogP contribution in [-0.4, -0.2) is 48.7 Å². The van der Waals surface area contributed by atoms with Crippen molar-refractivity contribution in [2.24, 2.45) is 0 Å². The summed E-state index contributed by atoms with van der Waals surface area (Å²) in [6.45, 7) is 3.59. The van der Waals surface area contributed by atoms with Crippen molar-refractivity contribution in [2.75, 3.05) is 30.9 Å². The van der Waals surface area contributed by atoms with E-state index in [2.05, 4.69) is 20.6 Å². The summed E-state index contributed by atoms with van der Waals surface area (Å²) in [5.74, 6) is 2.63. The van der Waals surface area contributed by atoms with Gasteiger partial charge in [0.1, 0.15) is 17.5 Å². The minimum atomic E-state index is -0.439. The van der Waals surface area contributed by atoms with Gasteiger partial charge in [-0.15, -0.1) is 0 Å².